The molecule has 1 unspecified atom stereocenters. The molecular weight excluding hydrogens is 344 g/mol. The lowest BCUT2D eigenvalue weighted by Crippen LogP contribution is -2.47. The topological polar surface area (TPSA) is 40.6 Å². The van der Waals surface area contributed by atoms with Gasteiger partial charge in [-0.1, -0.05) is 31.6 Å². The summed E-state index contributed by atoms with van der Waals surface area (Å²) in [6.07, 6.45) is 11.8. The van der Waals surface area contributed by atoms with Gasteiger partial charge in [-0.2, -0.15) is 0 Å². The summed E-state index contributed by atoms with van der Waals surface area (Å²) >= 11 is 1.72. The van der Waals surface area contributed by atoms with Crippen LogP contribution in [0.25, 0.3) is 6.08 Å². The minimum absolute atomic E-state index is 0.0255. The van der Waals surface area contributed by atoms with Crippen molar-refractivity contribution in [1.82, 2.24) is 9.80 Å². The maximum atomic E-state index is 13.2. The van der Waals surface area contributed by atoms with Gasteiger partial charge in [-0.3, -0.25) is 9.59 Å². The van der Waals surface area contributed by atoms with Gasteiger partial charge in [0.1, 0.15) is 0 Å². The van der Waals surface area contributed by atoms with Crippen molar-refractivity contribution in [3.05, 3.63) is 41.1 Å². The molecule has 3 rings (SSSR count). The van der Waals surface area contributed by atoms with Crippen LogP contribution in [0.15, 0.2) is 36.2 Å². The minimum atomic E-state index is -0.0255. The molecule has 5 heteroatoms. The van der Waals surface area contributed by atoms with Crippen molar-refractivity contribution in [1.29, 1.82) is 0 Å². The van der Waals surface area contributed by atoms with Crippen LogP contribution < -0.4 is 0 Å². The summed E-state index contributed by atoms with van der Waals surface area (Å²) in [7, 11) is 0. The average Bonchev–Trinajstić information content (AvgIpc) is 3.09. The molecule has 26 heavy (non-hydrogen) atoms. The molecule has 1 aromatic rings. The van der Waals surface area contributed by atoms with Gasteiger partial charge in [0, 0.05) is 30.4 Å². The van der Waals surface area contributed by atoms with Crippen LogP contribution in [0.5, 0.6) is 0 Å². The quantitative estimate of drug-likeness (QED) is 0.751. The number of carbonyl (C=O) groups is 2. The van der Waals surface area contributed by atoms with E-state index >= 15 is 0 Å². The summed E-state index contributed by atoms with van der Waals surface area (Å²) in [5, 5.41) is 2.08. The SMILES string of the molecule is C=CC(=O)N1CCC(C(=O)N2CCCCCC2/C=C/c2cccs2)CC1. The van der Waals surface area contributed by atoms with Crippen LogP contribution in [0.3, 0.4) is 0 Å². The molecule has 2 saturated heterocycles. The second-order valence-corrected chi connectivity index (χ2v) is 8.11. The Balaban J connectivity index is 1.65. The summed E-state index contributed by atoms with van der Waals surface area (Å²) in [5.74, 6) is 0.292. The van der Waals surface area contributed by atoms with E-state index in [-0.39, 0.29) is 23.8 Å². The number of hydrogen-bond donors (Lipinski definition) is 0. The number of nitrogens with zero attached hydrogens (tertiary/aromatic N) is 2. The van der Waals surface area contributed by atoms with E-state index < -0.39 is 0 Å². The van der Waals surface area contributed by atoms with Gasteiger partial charge in [0.2, 0.25) is 11.8 Å². The lowest BCUT2D eigenvalue weighted by Gasteiger charge is -2.36. The molecule has 3 heterocycles. The lowest BCUT2D eigenvalue weighted by atomic mass is 9.94. The molecule has 1 atom stereocenters. The van der Waals surface area contributed by atoms with Crippen LogP contribution in [0.4, 0.5) is 0 Å². The van der Waals surface area contributed by atoms with Gasteiger partial charge in [0.15, 0.2) is 0 Å². The second-order valence-electron chi connectivity index (χ2n) is 7.13. The predicted octanol–water partition coefficient (Wildman–Crippen LogP) is 3.96. The number of hydrogen-bond acceptors (Lipinski definition) is 3. The third kappa shape index (κ3) is 4.64. The Labute approximate surface area is 160 Å². The third-order valence-electron chi connectivity index (χ3n) is 5.44. The van der Waals surface area contributed by atoms with Gasteiger partial charge >= 0.3 is 0 Å². The van der Waals surface area contributed by atoms with E-state index in [1.165, 1.54) is 23.8 Å². The van der Waals surface area contributed by atoms with Crippen molar-refractivity contribution in [3.63, 3.8) is 0 Å². The van der Waals surface area contributed by atoms with Crippen LogP contribution >= 0.6 is 11.3 Å². The molecule has 2 aliphatic rings. The van der Waals surface area contributed by atoms with Crippen LogP contribution in [0.2, 0.25) is 0 Å². The fraction of sp³-hybridized carbons (Fsp3) is 0.524. The number of rotatable bonds is 4. The van der Waals surface area contributed by atoms with Gasteiger partial charge in [0.25, 0.3) is 0 Å². The molecule has 2 fully saturated rings. The predicted molar refractivity (Wildman–Crippen MR) is 107 cm³/mol. The summed E-state index contributed by atoms with van der Waals surface area (Å²) in [4.78, 5) is 30.1. The Hall–Kier alpha value is -1.88. The maximum absolute atomic E-state index is 13.2. The number of amides is 2. The van der Waals surface area contributed by atoms with E-state index in [0.29, 0.717) is 13.1 Å². The van der Waals surface area contributed by atoms with Crippen LogP contribution in [0, 0.1) is 5.92 Å². The first-order valence-corrected chi connectivity index (χ1v) is 10.5. The first-order valence-electron chi connectivity index (χ1n) is 9.62. The van der Waals surface area contributed by atoms with E-state index in [9.17, 15) is 9.59 Å². The normalized spacial score (nSPS) is 22.4. The van der Waals surface area contributed by atoms with E-state index in [2.05, 4.69) is 41.1 Å². The molecule has 1 aromatic heterocycles. The highest BCUT2D eigenvalue weighted by Crippen LogP contribution is 2.26. The van der Waals surface area contributed by atoms with Gasteiger partial charge < -0.3 is 9.80 Å². The molecule has 0 aliphatic carbocycles. The van der Waals surface area contributed by atoms with Crippen molar-refractivity contribution < 1.29 is 9.59 Å². The Morgan fingerprint density at radius 2 is 1.92 bits per heavy atom. The van der Waals surface area contributed by atoms with Crippen molar-refractivity contribution >= 4 is 29.2 Å². The number of piperidine rings is 1. The van der Waals surface area contributed by atoms with Gasteiger partial charge in [-0.25, -0.2) is 0 Å². The van der Waals surface area contributed by atoms with E-state index in [1.54, 1.807) is 16.2 Å². The molecule has 2 amide bonds. The number of carbonyl (C=O) groups excluding carboxylic acids is 2. The third-order valence-corrected chi connectivity index (χ3v) is 6.28. The molecule has 0 radical (unpaired) electrons. The first kappa shape index (κ1) is 18.9. The largest absolute Gasteiger partial charge is 0.339 e. The Morgan fingerprint density at radius 3 is 2.62 bits per heavy atom. The molecule has 0 N–H and O–H groups in total. The highest BCUT2D eigenvalue weighted by Gasteiger charge is 2.32. The van der Waals surface area contributed by atoms with E-state index in [4.69, 9.17) is 0 Å². The van der Waals surface area contributed by atoms with Gasteiger partial charge in [-0.15, -0.1) is 11.3 Å². The Morgan fingerprint density at radius 1 is 1.12 bits per heavy atom. The molecule has 0 spiro atoms. The highest BCUT2D eigenvalue weighted by molar-refractivity contribution is 7.10. The fourth-order valence-corrected chi connectivity index (χ4v) is 4.54. The van der Waals surface area contributed by atoms with E-state index in [1.807, 2.05) is 0 Å². The summed E-state index contributed by atoms with van der Waals surface area (Å²) < 4.78 is 0. The minimum Gasteiger partial charge on any atom is -0.339 e. The smallest absolute Gasteiger partial charge is 0.245 e. The monoisotopic (exact) mass is 372 g/mol. The Kier molecular flexibility index (Phi) is 6.67. The zero-order valence-corrected chi connectivity index (χ0v) is 16.1. The Bertz CT molecular complexity index is 645. The molecule has 0 aromatic carbocycles. The van der Waals surface area contributed by atoms with Crippen molar-refractivity contribution in [2.45, 2.75) is 44.6 Å². The number of thiophene rings is 1. The van der Waals surface area contributed by atoms with Crippen molar-refractivity contribution in [2.75, 3.05) is 19.6 Å². The second kappa shape index (κ2) is 9.17. The molecule has 140 valence electrons. The van der Waals surface area contributed by atoms with Crippen molar-refractivity contribution in [3.8, 4) is 0 Å². The van der Waals surface area contributed by atoms with E-state index in [0.717, 1.165) is 32.2 Å². The van der Waals surface area contributed by atoms with Crippen molar-refractivity contribution in [2.24, 2.45) is 5.92 Å². The summed E-state index contributed by atoms with van der Waals surface area (Å²) in [5.41, 5.74) is 0. The first-order chi connectivity index (χ1) is 12.7. The molecular formula is C21H28N2O2S. The zero-order valence-electron chi connectivity index (χ0n) is 15.3. The molecule has 2 aliphatic heterocycles. The lowest BCUT2D eigenvalue weighted by molar-refractivity contribution is -0.140. The van der Waals surface area contributed by atoms with Crippen LogP contribution in [-0.4, -0.2) is 47.3 Å². The van der Waals surface area contributed by atoms with Crippen LogP contribution in [-0.2, 0) is 9.59 Å². The highest BCUT2D eigenvalue weighted by atomic mass is 32.1. The fourth-order valence-electron chi connectivity index (χ4n) is 3.91. The standard InChI is InChI=1S/C21H28N2O2S/c1-2-20(24)22-14-11-17(12-15-22)21(25)23-13-5-3-4-7-18(23)9-10-19-8-6-16-26-19/h2,6,8-10,16-18H,1,3-5,7,11-15H2/b10-9+. The molecule has 0 saturated carbocycles. The molecule has 4 nitrogen and oxygen atoms in total. The number of likely N-dealkylation sites (tertiary alicyclic amines) is 2. The van der Waals surface area contributed by atoms with Gasteiger partial charge in [-0.05, 0) is 49.3 Å². The summed E-state index contributed by atoms with van der Waals surface area (Å²) in [6, 6.07) is 4.36. The average molecular weight is 373 g/mol. The maximum Gasteiger partial charge on any atom is 0.245 e. The summed E-state index contributed by atoms with van der Waals surface area (Å²) in [6.45, 7) is 5.72. The zero-order chi connectivity index (χ0) is 18.4. The van der Waals surface area contributed by atoms with Crippen LogP contribution in [0.1, 0.15) is 43.4 Å². The van der Waals surface area contributed by atoms with Gasteiger partial charge in [0.05, 0.1) is 6.04 Å². The molecule has 0 bridgehead atoms.